The van der Waals surface area contributed by atoms with Gasteiger partial charge in [-0.2, -0.15) is 5.10 Å². The molecule has 0 radical (unpaired) electrons. The smallest absolute Gasteiger partial charge is 0.259 e. The molecule has 0 bridgehead atoms. The summed E-state index contributed by atoms with van der Waals surface area (Å²) in [6, 6.07) is 5.30. The number of nitrogens with zero attached hydrogens (tertiary/aromatic N) is 1. The molecule has 0 saturated heterocycles. The molecule has 0 spiro atoms. The van der Waals surface area contributed by atoms with Gasteiger partial charge >= 0.3 is 0 Å². The number of hydrogen-bond donors (Lipinski definition) is 3. The van der Waals surface area contributed by atoms with E-state index in [1.165, 1.54) is 44.7 Å². The molecule has 0 aliphatic heterocycles. The van der Waals surface area contributed by atoms with Crippen molar-refractivity contribution in [1.29, 1.82) is 0 Å². The summed E-state index contributed by atoms with van der Waals surface area (Å²) in [5.74, 6) is -0.412. The van der Waals surface area contributed by atoms with Crippen LogP contribution in [-0.2, 0) is 16.0 Å². The Kier molecular flexibility index (Phi) is 13.7. The van der Waals surface area contributed by atoms with E-state index in [0.29, 0.717) is 18.4 Å². The van der Waals surface area contributed by atoms with Gasteiger partial charge in [-0.15, -0.1) is 6.58 Å². The molecule has 3 N–H and O–H groups in total. The Balaban J connectivity index is 2.15. The summed E-state index contributed by atoms with van der Waals surface area (Å²) in [6.07, 6.45) is 14.9. The molecule has 2 amide bonds. The van der Waals surface area contributed by atoms with Crippen LogP contribution in [0.2, 0.25) is 0 Å². The van der Waals surface area contributed by atoms with Crippen molar-refractivity contribution in [2.24, 2.45) is 5.10 Å². The summed E-state index contributed by atoms with van der Waals surface area (Å²) in [4.78, 5) is 23.6. The largest absolute Gasteiger partial charge is 0.507 e. The number of phenols is 1. The highest BCUT2D eigenvalue weighted by Crippen LogP contribution is 2.21. The summed E-state index contributed by atoms with van der Waals surface area (Å²) >= 11 is 0. The van der Waals surface area contributed by atoms with E-state index in [2.05, 4.69) is 29.3 Å². The second-order valence-electron chi connectivity index (χ2n) is 7.50. The standard InChI is InChI=1S/C24H37N3O3/c1-3-5-6-7-8-9-10-11-12-17-22(28)25-19-23(29)27-26-18-21-16-13-15-20(14-4-2)24(21)30/h4,13,15-16,18,30H,2-3,5-12,14,17,19H2,1H3,(H,25,28)(H,27,29)/b26-18-. The lowest BCUT2D eigenvalue weighted by Gasteiger charge is -2.06. The third-order valence-corrected chi connectivity index (χ3v) is 4.86. The van der Waals surface area contributed by atoms with E-state index < -0.39 is 5.91 Å². The normalized spacial score (nSPS) is 10.8. The molecule has 0 aromatic heterocycles. The van der Waals surface area contributed by atoms with Crippen LogP contribution in [0.4, 0.5) is 0 Å². The molecule has 1 aromatic rings. The fourth-order valence-electron chi connectivity index (χ4n) is 3.11. The topological polar surface area (TPSA) is 90.8 Å². The monoisotopic (exact) mass is 415 g/mol. The lowest BCUT2D eigenvalue weighted by molar-refractivity contribution is -0.126. The number of carbonyl (C=O) groups excluding carboxylic acids is 2. The summed E-state index contributed by atoms with van der Waals surface area (Å²) in [5, 5.41) is 16.6. The number of benzene rings is 1. The van der Waals surface area contributed by atoms with Gasteiger partial charge in [0, 0.05) is 12.0 Å². The summed E-state index contributed by atoms with van der Waals surface area (Å²) < 4.78 is 0. The van der Waals surface area contributed by atoms with E-state index in [4.69, 9.17) is 0 Å². The van der Waals surface area contributed by atoms with E-state index in [1.807, 2.05) is 0 Å². The van der Waals surface area contributed by atoms with E-state index in [0.717, 1.165) is 24.8 Å². The van der Waals surface area contributed by atoms with Gasteiger partial charge in [0.05, 0.1) is 12.8 Å². The Morgan fingerprint density at radius 2 is 1.70 bits per heavy atom. The third kappa shape index (κ3) is 11.4. The molecule has 6 nitrogen and oxygen atoms in total. The lowest BCUT2D eigenvalue weighted by Crippen LogP contribution is -2.34. The first-order valence-electron chi connectivity index (χ1n) is 11.1. The first kappa shape index (κ1) is 25.4. The second-order valence-corrected chi connectivity index (χ2v) is 7.50. The molecule has 6 heteroatoms. The van der Waals surface area contributed by atoms with Gasteiger partial charge in [-0.3, -0.25) is 9.59 Å². The minimum atomic E-state index is -0.409. The van der Waals surface area contributed by atoms with Gasteiger partial charge in [-0.1, -0.05) is 76.5 Å². The number of aromatic hydroxyl groups is 1. The fraction of sp³-hybridized carbons (Fsp3) is 0.542. The minimum Gasteiger partial charge on any atom is -0.507 e. The summed E-state index contributed by atoms with van der Waals surface area (Å²) in [6.45, 7) is 5.76. The van der Waals surface area contributed by atoms with Crippen molar-refractivity contribution in [3.8, 4) is 5.75 Å². The van der Waals surface area contributed by atoms with Crippen molar-refractivity contribution >= 4 is 18.0 Å². The average Bonchev–Trinajstić information content (AvgIpc) is 2.74. The van der Waals surface area contributed by atoms with Gasteiger partial charge in [0.15, 0.2) is 0 Å². The number of unbranched alkanes of at least 4 members (excludes halogenated alkanes) is 8. The molecular weight excluding hydrogens is 378 g/mol. The van der Waals surface area contributed by atoms with Crippen LogP contribution in [0.15, 0.2) is 36.0 Å². The minimum absolute atomic E-state index is 0.115. The number of hydrazone groups is 1. The molecule has 30 heavy (non-hydrogen) atoms. The van der Waals surface area contributed by atoms with Crippen molar-refractivity contribution < 1.29 is 14.7 Å². The van der Waals surface area contributed by atoms with Crippen molar-refractivity contribution in [3.63, 3.8) is 0 Å². The van der Waals surface area contributed by atoms with Crippen LogP contribution < -0.4 is 10.7 Å². The number of rotatable bonds is 16. The first-order chi connectivity index (χ1) is 14.6. The van der Waals surface area contributed by atoms with Crippen LogP contribution in [0.1, 0.15) is 82.3 Å². The molecule has 0 aliphatic rings. The van der Waals surface area contributed by atoms with E-state index in [9.17, 15) is 14.7 Å². The van der Waals surface area contributed by atoms with Gasteiger partial charge in [0.25, 0.3) is 5.91 Å². The lowest BCUT2D eigenvalue weighted by atomic mass is 10.1. The van der Waals surface area contributed by atoms with Crippen LogP contribution in [0.5, 0.6) is 5.75 Å². The van der Waals surface area contributed by atoms with Crippen molar-refractivity contribution in [1.82, 2.24) is 10.7 Å². The first-order valence-corrected chi connectivity index (χ1v) is 11.1. The molecule has 0 atom stereocenters. The Morgan fingerprint density at radius 3 is 2.37 bits per heavy atom. The number of nitrogens with one attached hydrogen (secondary N) is 2. The molecule has 0 unspecified atom stereocenters. The van der Waals surface area contributed by atoms with Gasteiger partial charge in [0.2, 0.25) is 5.91 Å². The number of carbonyl (C=O) groups is 2. The van der Waals surface area contributed by atoms with Crippen molar-refractivity contribution in [2.45, 2.75) is 77.6 Å². The zero-order valence-electron chi connectivity index (χ0n) is 18.3. The van der Waals surface area contributed by atoms with Crippen LogP contribution in [-0.4, -0.2) is 29.7 Å². The highest BCUT2D eigenvalue weighted by atomic mass is 16.3. The van der Waals surface area contributed by atoms with Crippen LogP contribution in [0.25, 0.3) is 0 Å². The maximum Gasteiger partial charge on any atom is 0.259 e. The van der Waals surface area contributed by atoms with E-state index in [-0.39, 0.29) is 18.2 Å². The maximum absolute atomic E-state index is 11.8. The molecule has 1 aromatic carbocycles. The van der Waals surface area contributed by atoms with Crippen LogP contribution in [0, 0.1) is 0 Å². The van der Waals surface area contributed by atoms with Gasteiger partial charge < -0.3 is 10.4 Å². The predicted molar refractivity (Wildman–Crippen MR) is 123 cm³/mol. The van der Waals surface area contributed by atoms with Crippen molar-refractivity contribution in [3.05, 3.63) is 42.0 Å². The highest BCUT2D eigenvalue weighted by Gasteiger charge is 2.06. The third-order valence-electron chi connectivity index (χ3n) is 4.86. The molecule has 0 aliphatic carbocycles. The molecule has 0 fully saturated rings. The zero-order valence-corrected chi connectivity index (χ0v) is 18.3. The second kappa shape index (κ2) is 16.2. The molecule has 166 valence electrons. The molecular formula is C24H37N3O3. The number of hydrogen-bond acceptors (Lipinski definition) is 4. The van der Waals surface area contributed by atoms with E-state index in [1.54, 1.807) is 24.3 Å². The number of para-hydroxylation sites is 1. The SMILES string of the molecule is C=CCc1cccc(/C=N\NC(=O)CNC(=O)CCCCCCCCCCC)c1O. The molecule has 1 rings (SSSR count). The quantitative estimate of drug-likeness (QED) is 0.159. The van der Waals surface area contributed by atoms with Gasteiger partial charge in [-0.05, 0) is 24.5 Å². The van der Waals surface area contributed by atoms with Gasteiger partial charge in [0.1, 0.15) is 5.75 Å². The Labute approximate surface area is 180 Å². The molecule has 0 saturated carbocycles. The predicted octanol–water partition coefficient (Wildman–Crippen LogP) is 4.61. The number of phenolic OH excluding ortho intramolecular Hbond substituents is 1. The van der Waals surface area contributed by atoms with Crippen LogP contribution >= 0.6 is 0 Å². The Bertz CT molecular complexity index is 686. The maximum atomic E-state index is 11.8. The van der Waals surface area contributed by atoms with Crippen LogP contribution in [0.3, 0.4) is 0 Å². The summed E-state index contributed by atoms with van der Waals surface area (Å²) in [5.41, 5.74) is 3.60. The number of amides is 2. The fourth-order valence-corrected chi connectivity index (χ4v) is 3.11. The molecule has 0 heterocycles. The van der Waals surface area contributed by atoms with Gasteiger partial charge in [-0.25, -0.2) is 5.43 Å². The number of allylic oxidation sites excluding steroid dienone is 1. The Morgan fingerprint density at radius 1 is 1.03 bits per heavy atom. The Hall–Kier alpha value is -2.63. The zero-order chi connectivity index (χ0) is 22.0. The van der Waals surface area contributed by atoms with E-state index >= 15 is 0 Å². The van der Waals surface area contributed by atoms with Crippen molar-refractivity contribution in [2.75, 3.05) is 6.54 Å². The average molecular weight is 416 g/mol. The highest BCUT2D eigenvalue weighted by molar-refractivity contribution is 5.87. The summed E-state index contributed by atoms with van der Waals surface area (Å²) in [7, 11) is 0.